The van der Waals surface area contributed by atoms with Crippen LogP contribution in [0.25, 0.3) is 0 Å². The van der Waals surface area contributed by atoms with Crippen molar-refractivity contribution in [3.05, 3.63) is 0 Å². The maximum atomic E-state index is 11.1. The van der Waals surface area contributed by atoms with Crippen molar-refractivity contribution in [1.29, 1.82) is 0 Å². The normalized spacial score (nSPS) is 27.1. The fourth-order valence-corrected chi connectivity index (χ4v) is 2.12. The van der Waals surface area contributed by atoms with Crippen LogP contribution in [0.4, 0.5) is 4.79 Å². The van der Waals surface area contributed by atoms with Gasteiger partial charge < -0.3 is 15.4 Å². The Morgan fingerprint density at radius 3 is 2.86 bits per heavy atom. The highest BCUT2D eigenvalue weighted by molar-refractivity contribution is 5.66. The number of carbonyl (C=O) groups excluding carboxylic acids is 1. The lowest BCUT2D eigenvalue weighted by Gasteiger charge is -2.29. The minimum absolute atomic E-state index is 0.260. The van der Waals surface area contributed by atoms with Gasteiger partial charge in [0.1, 0.15) is 0 Å². The van der Waals surface area contributed by atoms with E-state index in [1.54, 1.807) is 11.9 Å². The summed E-state index contributed by atoms with van der Waals surface area (Å²) in [6.45, 7) is 0.764. The molecule has 1 aliphatic carbocycles. The molecule has 2 atom stereocenters. The molecular formula is C10H20N2O2. The van der Waals surface area contributed by atoms with Gasteiger partial charge in [0.25, 0.3) is 0 Å². The molecule has 0 aromatic carbocycles. The second-order valence-electron chi connectivity index (χ2n) is 4.14. The second kappa shape index (κ2) is 5.20. The predicted molar refractivity (Wildman–Crippen MR) is 55.0 cm³/mol. The predicted octanol–water partition coefficient (Wildman–Crippen LogP) is 1.20. The molecule has 0 bridgehead atoms. The first-order valence-electron chi connectivity index (χ1n) is 5.18. The first-order chi connectivity index (χ1) is 6.63. The van der Waals surface area contributed by atoms with Gasteiger partial charge in [-0.1, -0.05) is 6.42 Å². The standard InChI is InChI=1S/C10H20N2O2/c1-12(10(13)14-2)7-8-4-3-5-9(11)6-8/h8-9H,3-7,11H2,1-2H3. The molecule has 4 heteroatoms. The van der Waals surface area contributed by atoms with Crippen LogP contribution in [0.3, 0.4) is 0 Å². The molecule has 4 nitrogen and oxygen atoms in total. The van der Waals surface area contributed by atoms with E-state index in [-0.39, 0.29) is 6.09 Å². The molecule has 1 rings (SSSR count). The Balaban J connectivity index is 2.32. The second-order valence-corrected chi connectivity index (χ2v) is 4.14. The Morgan fingerprint density at radius 2 is 2.29 bits per heavy atom. The van der Waals surface area contributed by atoms with E-state index in [4.69, 9.17) is 5.73 Å². The van der Waals surface area contributed by atoms with Crippen LogP contribution in [0.1, 0.15) is 25.7 Å². The van der Waals surface area contributed by atoms with Gasteiger partial charge in [0, 0.05) is 19.6 Å². The molecule has 82 valence electrons. The van der Waals surface area contributed by atoms with Crippen molar-refractivity contribution >= 4 is 6.09 Å². The molecule has 1 aliphatic rings. The van der Waals surface area contributed by atoms with Gasteiger partial charge >= 0.3 is 6.09 Å². The molecule has 14 heavy (non-hydrogen) atoms. The maximum Gasteiger partial charge on any atom is 0.409 e. The third kappa shape index (κ3) is 3.18. The zero-order valence-corrected chi connectivity index (χ0v) is 9.03. The van der Waals surface area contributed by atoms with Crippen LogP contribution in [0.15, 0.2) is 0 Å². The number of hydrogen-bond acceptors (Lipinski definition) is 3. The van der Waals surface area contributed by atoms with Crippen LogP contribution >= 0.6 is 0 Å². The maximum absolute atomic E-state index is 11.1. The fraction of sp³-hybridized carbons (Fsp3) is 0.900. The molecule has 2 N–H and O–H groups in total. The fourth-order valence-electron chi connectivity index (χ4n) is 2.12. The summed E-state index contributed by atoms with van der Waals surface area (Å²) in [6, 6.07) is 0.319. The summed E-state index contributed by atoms with van der Waals surface area (Å²) in [7, 11) is 3.18. The van der Waals surface area contributed by atoms with Crippen molar-refractivity contribution in [3.8, 4) is 0 Å². The summed E-state index contributed by atoms with van der Waals surface area (Å²) in [4.78, 5) is 12.8. The summed E-state index contributed by atoms with van der Waals surface area (Å²) in [5.74, 6) is 0.544. The van der Waals surface area contributed by atoms with Crippen LogP contribution in [0.5, 0.6) is 0 Å². The molecule has 0 aromatic heterocycles. The molecule has 1 saturated carbocycles. The Hall–Kier alpha value is -0.770. The molecule has 0 spiro atoms. The molecule has 0 aliphatic heterocycles. The number of methoxy groups -OCH3 is 1. The van der Waals surface area contributed by atoms with Gasteiger partial charge in [-0.3, -0.25) is 0 Å². The van der Waals surface area contributed by atoms with Gasteiger partial charge in [0.05, 0.1) is 7.11 Å². The summed E-state index contributed by atoms with van der Waals surface area (Å²) >= 11 is 0. The summed E-state index contributed by atoms with van der Waals surface area (Å²) in [5.41, 5.74) is 5.87. The van der Waals surface area contributed by atoms with Crippen molar-refractivity contribution in [2.24, 2.45) is 11.7 Å². The van der Waals surface area contributed by atoms with Crippen LogP contribution in [-0.4, -0.2) is 37.7 Å². The van der Waals surface area contributed by atoms with E-state index in [2.05, 4.69) is 4.74 Å². The van der Waals surface area contributed by atoms with E-state index in [9.17, 15) is 4.79 Å². The number of ether oxygens (including phenoxy) is 1. The number of amides is 1. The quantitative estimate of drug-likeness (QED) is 0.728. The zero-order chi connectivity index (χ0) is 10.6. The highest BCUT2D eigenvalue weighted by Gasteiger charge is 2.22. The molecule has 1 fully saturated rings. The lowest BCUT2D eigenvalue weighted by molar-refractivity contribution is 0.122. The third-order valence-corrected chi connectivity index (χ3v) is 2.84. The number of rotatable bonds is 2. The molecule has 0 heterocycles. The molecule has 0 radical (unpaired) electrons. The van der Waals surface area contributed by atoms with Gasteiger partial charge in [-0.25, -0.2) is 4.79 Å². The van der Waals surface area contributed by atoms with Crippen molar-refractivity contribution in [2.75, 3.05) is 20.7 Å². The van der Waals surface area contributed by atoms with E-state index in [1.807, 2.05) is 0 Å². The van der Waals surface area contributed by atoms with E-state index in [0.717, 1.165) is 19.4 Å². The average Bonchev–Trinajstić information content (AvgIpc) is 2.16. The monoisotopic (exact) mass is 200 g/mol. The lowest BCUT2D eigenvalue weighted by atomic mass is 9.86. The SMILES string of the molecule is COC(=O)N(C)CC1CCCC(N)C1. The Morgan fingerprint density at radius 1 is 1.57 bits per heavy atom. The first kappa shape index (κ1) is 11.3. The van der Waals surface area contributed by atoms with E-state index >= 15 is 0 Å². The highest BCUT2D eigenvalue weighted by Crippen LogP contribution is 2.23. The van der Waals surface area contributed by atoms with Gasteiger partial charge in [-0.05, 0) is 25.2 Å². The zero-order valence-electron chi connectivity index (χ0n) is 9.03. The minimum Gasteiger partial charge on any atom is -0.453 e. The van der Waals surface area contributed by atoms with Crippen LogP contribution in [-0.2, 0) is 4.74 Å². The van der Waals surface area contributed by atoms with Crippen molar-refractivity contribution in [1.82, 2.24) is 4.90 Å². The van der Waals surface area contributed by atoms with E-state index in [0.29, 0.717) is 12.0 Å². The van der Waals surface area contributed by atoms with Crippen molar-refractivity contribution in [3.63, 3.8) is 0 Å². The minimum atomic E-state index is -0.260. The molecule has 0 aromatic rings. The van der Waals surface area contributed by atoms with E-state index in [1.165, 1.54) is 20.0 Å². The largest absolute Gasteiger partial charge is 0.453 e. The van der Waals surface area contributed by atoms with Crippen LogP contribution < -0.4 is 5.73 Å². The van der Waals surface area contributed by atoms with Crippen molar-refractivity contribution in [2.45, 2.75) is 31.7 Å². The van der Waals surface area contributed by atoms with Crippen LogP contribution in [0, 0.1) is 5.92 Å². The summed E-state index contributed by atoms with van der Waals surface area (Å²) in [5, 5.41) is 0. The van der Waals surface area contributed by atoms with Gasteiger partial charge in [0.15, 0.2) is 0 Å². The smallest absolute Gasteiger partial charge is 0.409 e. The number of nitrogens with two attached hydrogens (primary N) is 1. The third-order valence-electron chi connectivity index (χ3n) is 2.84. The average molecular weight is 200 g/mol. The topological polar surface area (TPSA) is 55.6 Å². The van der Waals surface area contributed by atoms with Crippen LogP contribution in [0.2, 0.25) is 0 Å². The highest BCUT2D eigenvalue weighted by atomic mass is 16.5. The molecule has 0 saturated heterocycles. The number of nitrogens with zero attached hydrogens (tertiary/aromatic N) is 1. The molecule has 1 amide bonds. The number of hydrogen-bond donors (Lipinski definition) is 1. The Bertz CT molecular complexity index is 197. The van der Waals surface area contributed by atoms with Gasteiger partial charge in [-0.2, -0.15) is 0 Å². The number of carbonyl (C=O) groups is 1. The first-order valence-corrected chi connectivity index (χ1v) is 5.18. The molecular weight excluding hydrogens is 180 g/mol. The Kier molecular flexibility index (Phi) is 4.20. The molecule has 2 unspecified atom stereocenters. The summed E-state index contributed by atoms with van der Waals surface area (Å²) in [6.07, 6.45) is 4.25. The van der Waals surface area contributed by atoms with Crippen molar-refractivity contribution < 1.29 is 9.53 Å². The van der Waals surface area contributed by atoms with Gasteiger partial charge in [0.2, 0.25) is 0 Å². The van der Waals surface area contributed by atoms with E-state index < -0.39 is 0 Å². The van der Waals surface area contributed by atoms with Gasteiger partial charge in [-0.15, -0.1) is 0 Å². The summed E-state index contributed by atoms with van der Waals surface area (Å²) < 4.78 is 4.64. The Labute approximate surface area is 85.4 Å². The lowest BCUT2D eigenvalue weighted by Crippen LogP contribution is -2.36.